The van der Waals surface area contributed by atoms with Gasteiger partial charge in [-0.2, -0.15) is 4.40 Å². The molecular formula is C34H27FN2PS+. The number of hydrogen-bond donors (Lipinski definition) is 0. The SMILES string of the molecule is Fc1ccc(-c2c(P(=S)(c3ccccc3)c3ccccc3)n3ccccc3[n+]2C/C=C/c2ccccc2)cc1. The zero-order valence-electron chi connectivity index (χ0n) is 21.3. The van der Waals surface area contributed by atoms with Crippen molar-refractivity contribution in [3.8, 4) is 11.3 Å². The number of nitrogens with zero attached hydrogens (tertiary/aromatic N) is 2. The normalized spacial score (nSPS) is 11.8. The van der Waals surface area contributed by atoms with Crippen LogP contribution in [0.3, 0.4) is 0 Å². The number of halogens is 1. The molecule has 2 nitrogen and oxygen atoms in total. The van der Waals surface area contributed by atoms with Gasteiger partial charge in [0.05, 0.1) is 12.2 Å². The van der Waals surface area contributed by atoms with Crippen molar-refractivity contribution in [2.24, 2.45) is 0 Å². The molecule has 190 valence electrons. The second-order valence-corrected chi connectivity index (χ2v) is 13.6. The average Bonchev–Trinajstić information content (AvgIpc) is 3.33. The summed E-state index contributed by atoms with van der Waals surface area (Å²) in [7, 11) is 0. The molecule has 6 aromatic rings. The van der Waals surface area contributed by atoms with Gasteiger partial charge in [-0.25, -0.2) is 8.96 Å². The van der Waals surface area contributed by atoms with Crippen LogP contribution in [0, 0.1) is 5.82 Å². The number of pyridine rings is 1. The van der Waals surface area contributed by atoms with Gasteiger partial charge in [0.15, 0.2) is 11.1 Å². The summed E-state index contributed by atoms with van der Waals surface area (Å²) in [5.41, 5.74) is 5.18. The third-order valence-electron chi connectivity index (χ3n) is 6.88. The Morgan fingerprint density at radius 3 is 1.87 bits per heavy atom. The molecule has 2 aromatic heterocycles. The Hall–Kier alpha value is -4.11. The summed E-state index contributed by atoms with van der Waals surface area (Å²) in [4.78, 5) is 0. The summed E-state index contributed by atoms with van der Waals surface area (Å²) in [6, 6.07) is 41.6. The molecule has 0 amide bonds. The van der Waals surface area contributed by atoms with Crippen LogP contribution in [-0.4, -0.2) is 4.40 Å². The van der Waals surface area contributed by atoms with Crippen molar-refractivity contribution in [3.63, 3.8) is 0 Å². The van der Waals surface area contributed by atoms with Crippen LogP contribution in [-0.2, 0) is 18.4 Å². The van der Waals surface area contributed by atoms with Gasteiger partial charge in [0.2, 0.25) is 0 Å². The minimum atomic E-state index is -2.55. The maximum Gasteiger partial charge on any atom is 0.287 e. The zero-order chi connectivity index (χ0) is 26.7. The molecule has 0 saturated carbocycles. The fourth-order valence-corrected chi connectivity index (χ4v) is 9.33. The summed E-state index contributed by atoms with van der Waals surface area (Å²) < 4.78 is 18.7. The maximum atomic E-state index is 14.1. The van der Waals surface area contributed by atoms with Crippen molar-refractivity contribution in [1.29, 1.82) is 0 Å². The average molecular weight is 546 g/mol. The minimum Gasteiger partial charge on any atom is -0.219 e. The largest absolute Gasteiger partial charge is 0.287 e. The van der Waals surface area contributed by atoms with Crippen LogP contribution in [0.1, 0.15) is 5.56 Å². The van der Waals surface area contributed by atoms with E-state index in [0.717, 1.165) is 38.5 Å². The highest BCUT2D eigenvalue weighted by Gasteiger charge is 2.38. The maximum absolute atomic E-state index is 14.1. The number of hydrogen-bond acceptors (Lipinski definition) is 1. The topological polar surface area (TPSA) is 8.29 Å². The Morgan fingerprint density at radius 2 is 1.26 bits per heavy atom. The van der Waals surface area contributed by atoms with E-state index in [2.05, 4.69) is 100 Å². The molecule has 0 aliphatic carbocycles. The third kappa shape index (κ3) is 4.78. The number of aromatic nitrogens is 2. The van der Waals surface area contributed by atoms with Gasteiger partial charge >= 0.3 is 0 Å². The number of allylic oxidation sites excluding steroid dienone is 1. The van der Waals surface area contributed by atoms with Gasteiger partial charge in [0.25, 0.3) is 5.65 Å². The molecule has 0 radical (unpaired) electrons. The quantitative estimate of drug-likeness (QED) is 0.164. The molecule has 39 heavy (non-hydrogen) atoms. The molecule has 2 heterocycles. The molecule has 0 atom stereocenters. The van der Waals surface area contributed by atoms with E-state index in [-0.39, 0.29) is 5.82 Å². The second-order valence-electron chi connectivity index (χ2n) is 9.31. The summed E-state index contributed by atoms with van der Waals surface area (Å²) in [6.45, 7) is 0.633. The van der Waals surface area contributed by atoms with Crippen LogP contribution < -0.4 is 20.6 Å². The highest BCUT2D eigenvalue weighted by molar-refractivity contribution is 8.25. The number of fused-ring (bicyclic) bond motifs is 1. The summed E-state index contributed by atoms with van der Waals surface area (Å²) >= 11 is 6.83. The fourth-order valence-electron chi connectivity index (χ4n) is 5.09. The smallest absolute Gasteiger partial charge is 0.219 e. The Bertz CT molecular complexity index is 1750. The van der Waals surface area contributed by atoms with E-state index in [4.69, 9.17) is 11.8 Å². The Kier molecular flexibility index (Phi) is 7.06. The van der Waals surface area contributed by atoms with E-state index < -0.39 is 6.04 Å². The van der Waals surface area contributed by atoms with Gasteiger partial charge in [-0.05, 0) is 52.6 Å². The molecule has 5 heteroatoms. The first-order chi connectivity index (χ1) is 19.2. The molecule has 0 bridgehead atoms. The molecule has 0 aliphatic heterocycles. The van der Waals surface area contributed by atoms with Crippen LogP contribution >= 0.6 is 6.04 Å². The standard InChI is InChI=1S/C34H27FN2PS/c35-29-23-21-28(22-24-29)33-34(38(39,30-16-6-2-7-17-30)31-18-8-3-9-19-31)37-25-11-10-20-32(37)36(33)26-12-15-27-13-4-1-5-14-27/h1-25H,26H2/q+1/b15-12+. The first kappa shape index (κ1) is 25.2. The van der Waals surface area contributed by atoms with Crippen LogP contribution in [0.15, 0.2) is 146 Å². The zero-order valence-corrected chi connectivity index (χ0v) is 23.0. The van der Waals surface area contributed by atoms with Crippen molar-refractivity contribution in [1.82, 2.24) is 4.40 Å². The van der Waals surface area contributed by atoms with Gasteiger partial charge in [-0.15, -0.1) is 0 Å². The van der Waals surface area contributed by atoms with E-state index in [0.29, 0.717) is 6.54 Å². The first-order valence-electron chi connectivity index (χ1n) is 12.9. The number of benzene rings is 4. The van der Waals surface area contributed by atoms with Gasteiger partial charge in [0, 0.05) is 11.6 Å². The van der Waals surface area contributed by atoms with Crippen molar-refractivity contribution in [2.45, 2.75) is 6.54 Å². The predicted molar refractivity (Wildman–Crippen MR) is 165 cm³/mol. The predicted octanol–water partition coefficient (Wildman–Crippen LogP) is 6.50. The lowest BCUT2D eigenvalue weighted by Crippen LogP contribution is -2.37. The van der Waals surface area contributed by atoms with Crippen molar-refractivity contribution in [3.05, 3.63) is 157 Å². The van der Waals surface area contributed by atoms with E-state index >= 15 is 0 Å². The number of rotatable bonds is 7. The fraction of sp³-hybridized carbons (Fsp3) is 0.0294. The molecule has 4 aromatic carbocycles. The minimum absolute atomic E-state index is 0.259. The Morgan fingerprint density at radius 1 is 0.692 bits per heavy atom. The molecule has 0 saturated heterocycles. The third-order valence-corrected chi connectivity index (χ3v) is 11.7. The molecule has 0 aliphatic rings. The van der Waals surface area contributed by atoms with Gasteiger partial charge in [-0.3, -0.25) is 0 Å². The van der Waals surface area contributed by atoms with Crippen molar-refractivity contribution in [2.75, 3.05) is 0 Å². The lowest BCUT2D eigenvalue weighted by molar-refractivity contribution is -0.649. The van der Waals surface area contributed by atoms with Crippen LogP contribution in [0.5, 0.6) is 0 Å². The van der Waals surface area contributed by atoms with Gasteiger partial charge < -0.3 is 0 Å². The molecule has 0 spiro atoms. The molecule has 0 unspecified atom stereocenters. The van der Waals surface area contributed by atoms with E-state index in [9.17, 15) is 4.39 Å². The molecule has 6 rings (SSSR count). The van der Waals surface area contributed by atoms with Crippen LogP contribution in [0.4, 0.5) is 4.39 Å². The first-order valence-corrected chi connectivity index (χ1v) is 15.7. The Labute approximate surface area is 233 Å². The van der Waals surface area contributed by atoms with Gasteiger partial charge in [0.1, 0.15) is 12.4 Å². The molecule has 0 N–H and O–H groups in total. The molecule has 0 fully saturated rings. The lowest BCUT2D eigenvalue weighted by atomic mass is 10.1. The highest BCUT2D eigenvalue weighted by atomic mass is 32.4. The lowest BCUT2D eigenvalue weighted by Gasteiger charge is -2.21. The van der Waals surface area contributed by atoms with E-state index in [1.165, 1.54) is 12.1 Å². The van der Waals surface area contributed by atoms with E-state index in [1.807, 2.05) is 48.5 Å². The summed E-state index contributed by atoms with van der Waals surface area (Å²) in [5, 5.41) is 2.23. The molecular weight excluding hydrogens is 518 g/mol. The number of imidazole rings is 1. The summed E-state index contributed by atoms with van der Waals surface area (Å²) in [5.74, 6) is -0.259. The Balaban J connectivity index is 1.68. The van der Waals surface area contributed by atoms with Crippen LogP contribution in [0.25, 0.3) is 23.0 Å². The van der Waals surface area contributed by atoms with Crippen LogP contribution in [0.2, 0.25) is 0 Å². The van der Waals surface area contributed by atoms with Gasteiger partial charge in [-0.1, -0.05) is 115 Å². The van der Waals surface area contributed by atoms with E-state index in [1.54, 1.807) is 0 Å². The van der Waals surface area contributed by atoms with Crippen molar-refractivity contribution < 1.29 is 8.96 Å². The highest BCUT2D eigenvalue weighted by Crippen LogP contribution is 2.45. The monoisotopic (exact) mass is 545 g/mol. The van der Waals surface area contributed by atoms with Crippen molar-refractivity contribution >= 4 is 45.6 Å². The second kappa shape index (κ2) is 10.9. The summed E-state index contributed by atoms with van der Waals surface area (Å²) in [6.07, 6.45) is 6.41.